The fourth-order valence-electron chi connectivity index (χ4n) is 4.93. The fourth-order valence-corrected chi connectivity index (χ4v) is 5.14. The highest BCUT2D eigenvalue weighted by molar-refractivity contribution is 6.33. The van der Waals surface area contributed by atoms with Gasteiger partial charge in [0.05, 0.1) is 6.42 Å². The van der Waals surface area contributed by atoms with Gasteiger partial charge in [0.2, 0.25) is 11.9 Å². The third-order valence-electron chi connectivity index (χ3n) is 7.23. The molecule has 2 fully saturated rings. The molecule has 1 amide bonds. The number of likely N-dealkylation sites (N-methyl/N-ethyl adjacent to an activating group) is 1. The van der Waals surface area contributed by atoms with E-state index in [1.54, 1.807) is 18.6 Å². The van der Waals surface area contributed by atoms with Crippen molar-refractivity contribution < 1.29 is 4.79 Å². The molecule has 1 saturated heterocycles. The van der Waals surface area contributed by atoms with Gasteiger partial charge < -0.3 is 20.4 Å². The lowest BCUT2D eigenvalue weighted by atomic mass is 9.86. The van der Waals surface area contributed by atoms with Crippen LogP contribution in [0.15, 0.2) is 36.8 Å². The quantitative estimate of drug-likeness (QED) is 0.468. The van der Waals surface area contributed by atoms with E-state index in [4.69, 9.17) is 11.6 Å². The minimum Gasteiger partial charge on any atom is -0.367 e. The number of halogens is 1. The second kappa shape index (κ2) is 11.3. The Morgan fingerprint density at radius 2 is 1.78 bits per heavy atom. The summed E-state index contributed by atoms with van der Waals surface area (Å²) in [5.41, 5.74) is 1.59. The van der Waals surface area contributed by atoms with Gasteiger partial charge >= 0.3 is 0 Å². The van der Waals surface area contributed by atoms with Crippen LogP contribution in [0.4, 0.5) is 11.8 Å². The molecular weight excluding hydrogens is 476 g/mol. The molecule has 10 heteroatoms. The van der Waals surface area contributed by atoms with Crippen LogP contribution >= 0.6 is 11.6 Å². The number of carbonyl (C=O) groups is 1. The first-order valence-corrected chi connectivity index (χ1v) is 13.1. The monoisotopic (exact) mass is 508 g/mol. The number of rotatable bonds is 7. The summed E-state index contributed by atoms with van der Waals surface area (Å²) in [5, 5.41) is 8.37. The van der Waals surface area contributed by atoms with E-state index in [2.05, 4.69) is 42.5 Å². The van der Waals surface area contributed by atoms with Crippen molar-refractivity contribution in [3.63, 3.8) is 0 Å². The molecule has 5 rings (SSSR count). The molecule has 3 aromatic heterocycles. The van der Waals surface area contributed by atoms with Crippen molar-refractivity contribution in [1.82, 2.24) is 29.7 Å². The first-order valence-electron chi connectivity index (χ1n) is 12.7. The molecule has 2 N–H and O–H groups in total. The largest absolute Gasteiger partial charge is 0.367 e. The van der Waals surface area contributed by atoms with Crippen LogP contribution in [0.1, 0.15) is 31.2 Å². The Labute approximate surface area is 216 Å². The number of aromatic nitrogens is 4. The second-order valence-corrected chi connectivity index (χ2v) is 10.2. The Morgan fingerprint density at radius 3 is 2.53 bits per heavy atom. The molecule has 3 aromatic rings. The van der Waals surface area contributed by atoms with Gasteiger partial charge in [0.25, 0.3) is 0 Å². The summed E-state index contributed by atoms with van der Waals surface area (Å²) in [5.74, 6) is 2.19. The normalized spacial score (nSPS) is 20.9. The van der Waals surface area contributed by atoms with Gasteiger partial charge in [-0.15, -0.1) is 0 Å². The number of anilines is 2. The number of carbonyl (C=O) groups excluding carboxylic acids is 1. The van der Waals surface area contributed by atoms with Crippen molar-refractivity contribution in [3.05, 3.63) is 47.5 Å². The highest BCUT2D eigenvalue weighted by atomic mass is 35.5. The third-order valence-corrected chi connectivity index (χ3v) is 7.50. The average molecular weight is 509 g/mol. The minimum atomic E-state index is 0.149. The molecule has 4 heterocycles. The van der Waals surface area contributed by atoms with Gasteiger partial charge in [-0.2, -0.15) is 0 Å². The smallest absolute Gasteiger partial charge is 0.227 e. The van der Waals surface area contributed by atoms with E-state index in [1.807, 2.05) is 23.1 Å². The van der Waals surface area contributed by atoms with Gasteiger partial charge in [0.1, 0.15) is 11.3 Å². The molecule has 1 saturated carbocycles. The first-order chi connectivity index (χ1) is 17.5. The van der Waals surface area contributed by atoms with Gasteiger partial charge in [-0.1, -0.05) is 11.6 Å². The number of amides is 1. The molecule has 9 nitrogen and oxygen atoms in total. The van der Waals surface area contributed by atoms with E-state index in [9.17, 15) is 4.79 Å². The van der Waals surface area contributed by atoms with Gasteiger partial charge in [-0.3, -0.25) is 4.79 Å². The molecule has 0 aromatic carbocycles. The number of fused-ring (bicyclic) bond motifs is 1. The van der Waals surface area contributed by atoms with Crippen molar-refractivity contribution in [2.75, 3.05) is 50.4 Å². The zero-order valence-electron chi connectivity index (χ0n) is 20.7. The van der Waals surface area contributed by atoms with Crippen molar-refractivity contribution in [1.29, 1.82) is 0 Å². The zero-order valence-corrected chi connectivity index (χ0v) is 21.4. The lowest BCUT2D eigenvalue weighted by molar-refractivity contribution is -0.132. The second-order valence-electron chi connectivity index (χ2n) is 9.89. The van der Waals surface area contributed by atoms with Crippen LogP contribution in [-0.4, -0.2) is 81.5 Å². The maximum atomic E-state index is 12.5. The Hall–Kier alpha value is -3.04. The van der Waals surface area contributed by atoms with Gasteiger partial charge in [0, 0.05) is 62.7 Å². The topological polar surface area (TPSA) is 99.2 Å². The molecule has 0 bridgehead atoms. The van der Waals surface area contributed by atoms with E-state index in [1.165, 1.54) is 0 Å². The molecule has 1 aliphatic carbocycles. The summed E-state index contributed by atoms with van der Waals surface area (Å²) in [7, 11) is 2.09. The highest BCUT2D eigenvalue weighted by Crippen LogP contribution is 2.27. The molecule has 0 radical (unpaired) electrons. The lowest BCUT2D eigenvalue weighted by Gasteiger charge is -2.32. The van der Waals surface area contributed by atoms with Crippen LogP contribution in [0, 0.1) is 5.92 Å². The van der Waals surface area contributed by atoms with Crippen molar-refractivity contribution in [2.45, 2.75) is 38.1 Å². The number of nitrogens with zero attached hydrogens (tertiary/aromatic N) is 6. The van der Waals surface area contributed by atoms with E-state index in [0.717, 1.165) is 80.7 Å². The molecule has 36 heavy (non-hydrogen) atoms. The standard InChI is InChI=1S/C26H33ClN8O/c1-34-10-12-35(13-11-34)23(36)14-19-16-30-26(31-17-19)29-15-18-2-5-21(6-3-18)32-22-7-4-20-8-9-28-25(27)24(20)33-22/h4,7-9,16-18,21H,2-3,5-6,10-15H2,1H3,(H,32,33)(H,29,30,31)/t18-,21-. The van der Waals surface area contributed by atoms with Gasteiger partial charge in [-0.05, 0) is 62.4 Å². The third kappa shape index (κ3) is 6.20. The molecule has 0 unspecified atom stereocenters. The zero-order chi connectivity index (χ0) is 24.9. The summed E-state index contributed by atoms with van der Waals surface area (Å²) in [6.45, 7) is 4.28. The number of nitrogens with one attached hydrogen (secondary N) is 2. The van der Waals surface area contributed by atoms with Crippen LogP contribution in [0.3, 0.4) is 0 Å². The highest BCUT2D eigenvalue weighted by Gasteiger charge is 2.22. The Bertz CT molecular complexity index is 1170. The van der Waals surface area contributed by atoms with E-state index in [-0.39, 0.29) is 5.91 Å². The van der Waals surface area contributed by atoms with E-state index in [0.29, 0.717) is 29.5 Å². The minimum absolute atomic E-state index is 0.149. The van der Waals surface area contributed by atoms with Crippen molar-refractivity contribution in [2.24, 2.45) is 5.92 Å². The summed E-state index contributed by atoms with van der Waals surface area (Å²) in [6.07, 6.45) is 10.0. The molecule has 0 spiro atoms. The summed E-state index contributed by atoms with van der Waals surface area (Å²) >= 11 is 6.21. The van der Waals surface area contributed by atoms with E-state index >= 15 is 0 Å². The number of hydrogen-bond acceptors (Lipinski definition) is 8. The van der Waals surface area contributed by atoms with Crippen LogP contribution in [0.25, 0.3) is 10.9 Å². The maximum absolute atomic E-state index is 12.5. The average Bonchev–Trinajstić information content (AvgIpc) is 2.90. The molecule has 1 aliphatic heterocycles. The van der Waals surface area contributed by atoms with Gasteiger partial charge in [-0.25, -0.2) is 19.9 Å². The fraction of sp³-hybridized carbons (Fsp3) is 0.500. The van der Waals surface area contributed by atoms with Crippen LogP contribution in [0.5, 0.6) is 0 Å². The molecule has 2 aliphatic rings. The Balaban J connectivity index is 1.05. The Morgan fingerprint density at radius 1 is 1.03 bits per heavy atom. The molecule has 190 valence electrons. The number of hydrogen-bond donors (Lipinski definition) is 2. The van der Waals surface area contributed by atoms with Crippen LogP contribution in [-0.2, 0) is 11.2 Å². The van der Waals surface area contributed by atoms with Crippen LogP contribution in [0.2, 0.25) is 5.15 Å². The van der Waals surface area contributed by atoms with Crippen LogP contribution < -0.4 is 10.6 Å². The summed E-state index contributed by atoms with van der Waals surface area (Å²) < 4.78 is 0. The number of piperazine rings is 1. The van der Waals surface area contributed by atoms with Gasteiger partial charge in [0.15, 0.2) is 5.15 Å². The lowest BCUT2D eigenvalue weighted by Crippen LogP contribution is -2.47. The van der Waals surface area contributed by atoms with E-state index < -0.39 is 0 Å². The SMILES string of the molecule is CN1CCN(C(=O)Cc2cnc(NC[C@H]3CC[C@H](Nc4ccc5ccnc(Cl)c5n4)CC3)nc2)CC1. The molecule has 0 atom stereocenters. The maximum Gasteiger partial charge on any atom is 0.227 e. The summed E-state index contributed by atoms with van der Waals surface area (Å²) in [6, 6.07) is 6.35. The predicted molar refractivity (Wildman–Crippen MR) is 142 cm³/mol. The molecular formula is C26H33ClN8O. The van der Waals surface area contributed by atoms with Crippen molar-refractivity contribution in [3.8, 4) is 0 Å². The first kappa shape index (κ1) is 24.6. The van der Waals surface area contributed by atoms with Crippen molar-refractivity contribution >= 4 is 40.2 Å². The number of pyridine rings is 2. The predicted octanol–water partition coefficient (Wildman–Crippen LogP) is 3.47. The summed E-state index contributed by atoms with van der Waals surface area (Å²) in [4.78, 5) is 34.4. The Kier molecular flexibility index (Phi) is 7.77.